The molecule has 15 heavy (non-hydrogen) atoms. The van der Waals surface area contributed by atoms with Crippen LogP contribution < -0.4 is 0 Å². The second-order valence-corrected chi connectivity index (χ2v) is 3.30. The van der Waals surface area contributed by atoms with E-state index >= 15 is 0 Å². The molecule has 0 saturated carbocycles. The van der Waals surface area contributed by atoms with Gasteiger partial charge in [-0.2, -0.15) is 0 Å². The molecule has 0 aromatic heterocycles. The van der Waals surface area contributed by atoms with Crippen LogP contribution in [0.5, 0.6) is 5.75 Å². The third-order valence-electron chi connectivity index (χ3n) is 2.37. The Balaban J connectivity index is 2.95. The number of aromatic hydroxyl groups is 1. The van der Waals surface area contributed by atoms with Crippen molar-refractivity contribution in [1.82, 2.24) is 0 Å². The minimum absolute atomic E-state index is 0.162. The Morgan fingerprint density at radius 1 is 1.47 bits per heavy atom. The molecule has 1 aromatic carbocycles. The van der Waals surface area contributed by atoms with Crippen molar-refractivity contribution in [3.05, 3.63) is 42.0 Å². The van der Waals surface area contributed by atoms with Crippen molar-refractivity contribution >= 4 is 5.97 Å². The quantitative estimate of drug-likeness (QED) is 0.609. The Morgan fingerprint density at radius 2 is 2.07 bits per heavy atom. The molecule has 3 nitrogen and oxygen atoms in total. The second-order valence-electron chi connectivity index (χ2n) is 3.30. The summed E-state index contributed by atoms with van der Waals surface area (Å²) in [5.74, 6) is -0.542. The first-order valence-electron chi connectivity index (χ1n) is 4.63. The van der Waals surface area contributed by atoms with Crippen LogP contribution in [0.25, 0.3) is 0 Å². The number of para-hydroxylation sites is 1. The number of hydrogen-bond acceptors (Lipinski definition) is 3. The number of hydrogen-bond donors (Lipinski definition) is 1. The monoisotopic (exact) mass is 206 g/mol. The molecule has 0 bridgehead atoms. The lowest BCUT2D eigenvalue weighted by Crippen LogP contribution is -2.10. The van der Waals surface area contributed by atoms with Crippen LogP contribution in [0.4, 0.5) is 0 Å². The summed E-state index contributed by atoms with van der Waals surface area (Å²) < 4.78 is 4.57. The van der Waals surface area contributed by atoms with Gasteiger partial charge in [-0.3, -0.25) is 0 Å². The lowest BCUT2D eigenvalue weighted by Gasteiger charge is -2.14. The van der Waals surface area contributed by atoms with Gasteiger partial charge in [-0.25, -0.2) is 4.79 Å². The van der Waals surface area contributed by atoms with Crippen molar-refractivity contribution < 1.29 is 14.6 Å². The minimum atomic E-state index is -0.453. The zero-order valence-corrected chi connectivity index (χ0v) is 8.86. The van der Waals surface area contributed by atoms with Crippen LogP contribution in [0, 0.1) is 0 Å². The standard InChI is InChI=1S/C12H14O3/c1-8(9(2)12(14)15-3)10-6-4-5-7-11(10)13/h4-8,13H,2H2,1,3H3. The molecule has 1 N–H and O–H groups in total. The Kier molecular flexibility index (Phi) is 3.50. The number of carbonyl (C=O) groups excluding carboxylic acids is 1. The highest BCUT2D eigenvalue weighted by Gasteiger charge is 2.18. The van der Waals surface area contributed by atoms with Gasteiger partial charge in [-0.1, -0.05) is 31.7 Å². The maximum Gasteiger partial charge on any atom is 0.333 e. The van der Waals surface area contributed by atoms with Crippen LogP contribution in [0.1, 0.15) is 18.4 Å². The van der Waals surface area contributed by atoms with Crippen molar-refractivity contribution in [2.45, 2.75) is 12.8 Å². The fourth-order valence-corrected chi connectivity index (χ4v) is 1.35. The van der Waals surface area contributed by atoms with Crippen molar-refractivity contribution in [2.75, 3.05) is 7.11 Å². The van der Waals surface area contributed by atoms with Gasteiger partial charge in [0.1, 0.15) is 5.75 Å². The number of esters is 1. The average molecular weight is 206 g/mol. The molecule has 0 heterocycles. The number of carbonyl (C=O) groups is 1. The molecular formula is C12H14O3. The molecule has 1 atom stereocenters. The van der Waals surface area contributed by atoms with Gasteiger partial charge >= 0.3 is 5.97 Å². The van der Waals surface area contributed by atoms with Gasteiger partial charge in [0, 0.05) is 17.1 Å². The SMILES string of the molecule is C=C(C(=O)OC)C(C)c1ccccc1O. The number of rotatable bonds is 3. The van der Waals surface area contributed by atoms with E-state index in [1.807, 2.05) is 0 Å². The molecule has 1 rings (SSSR count). The number of ether oxygens (including phenoxy) is 1. The zero-order valence-electron chi connectivity index (χ0n) is 8.86. The normalized spacial score (nSPS) is 11.9. The highest BCUT2D eigenvalue weighted by Crippen LogP contribution is 2.30. The van der Waals surface area contributed by atoms with E-state index in [2.05, 4.69) is 11.3 Å². The van der Waals surface area contributed by atoms with Crippen LogP contribution in [0.2, 0.25) is 0 Å². The maximum atomic E-state index is 11.2. The number of phenols is 1. The fraction of sp³-hybridized carbons (Fsp3) is 0.250. The summed E-state index contributed by atoms with van der Waals surface area (Å²) in [6.45, 7) is 5.46. The van der Waals surface area contributed by atoms with Crippen LogP contribution in [0.3, 0.4) is 0 Å². The molecule has 1 aromatic rings. The predicted molar refractivity (Wildman–Crippen MR) is 57.7 cm³/mol. The van der Waals surface area contributed by atoms with Gasteiger partial charge < -0.3 is 9.84 Å². The van der Waals surface area contributed by atoms with E-state index in [-0.39, 0.29) is 11.7 Å². The van der Waals surface area contributed by atoms with Gasteiger partial charge in [0.2, 0.25) is 0 Å². The highest BCUT2D eigenvalue weighted by molar-refractivity contribution is 5.89. The van der Waals surface area contributed by atoms with Gasteiger partial charge in [-0.15, -0.1) is 0 Å². The van der Waals surface area contributed by atoms with Crippen molar-refractivity contribution in [3.63, 3.8) is 0 Å². The van der Waals surface area contributed by atoms with E-state index < -0.39 is 5.97 Å². The number of benzene rings is 1. The van der Waals surface area contributed by atoms with Gasteiger partial charge in [0.15, 0.2) is 0 Å². The summed E-state index contributed by atoms with van der Waals surface area (Å²) in [5, 5.41) is 9.59. The van der Waals surface area contributed by atoms with Crippen LogP contribution in [-0.4, -0.2) is 18.2 Å². The summed E-state index contributed by atoms with van der Waals surface area (Å²) in [7, 11) is 1.31. The second kappa shape index (κ2) is 4.64. The van der Waals surface area contributed by atoms with E-state index in [0.29, 0.717) is 11.1 Å². The van der Waals surface area contributed by atoms with E-state index in [0.717, 1.165) is 0 Å². The Bertz CT molecular complexity index is 382. The molecule has 0 spiro atoms. The van der Waals surface area contributed by atoms with E-state index in [1.54, 1.807) is 31.2 Å². The summed E-state index contributed by atoms with van der Waals surface area (Å²) in [5.41, 5.74) is 1.01. The Hall–Kier alpha value is -1.77. The smallest absolute Gasteiger partial charge is 0.333 e. The number of phenolic OH excluding ortho intramolecular Hbond substituents is 1. The Morgan fingerprint density at radius 3 is 2.60 bits per heavy atom. The first kappa shape index (κ1) is 11.3. The topological polar surface area (TPSA) is 46.5 Å². The van der Waals surface area contributed by atoms with Crippen LogP contribution >= 0.6 is 0 Å². The fourth-order valence-electron chi connectivity index (χ4n) is 1.35. The predicted octanol–water partition coefficient (Wildman–Crippen LogP) is 2.22. The van der Waals surface area contributed by atoms with Crippen LogP contribution in [0.15, 0.2) is 36.4 Å². The molecule has 80 valence electrons. The molecule has 0 radical (unpaired) electrons. The Labute approximate surface area is 89.0 Å². The summed E-state index contributed by atoms with van der Waals surface area (Å²) in [6, 6.07) is 6.87. The third-order valence-corrected chi connectivity index (χ3v) is 2.37. The summed E-state index contributed by atoms with van der Waals surface area (Å²) in [6.07, 6.45) is 0. The highest BCUT2D eigenvalue weighted by atomic mass is 16.5. The van der Waals surface area contributed by atoms with E-state index in [4.69, 9.17) is 0 Å². The van der Waals surface area contributed by atoms with Crippen LogP contribution in [-0.2, 0) is 9.53 Å². The van der Waals surface area contributed by atoms with Crippen molar-refractivity contribution in [3.8, 4) is 5.75 Å². The van der Waals surface area contributed by atoms with E-state index in [1.165, 1.54) is 7.11 Å². The lowest BCUT2D eigenvalue weighted by molar-refractivity contribution is -0.136. The minimum Gasteiger partial charge on any atom is -0.508 e. The molecular weight excluding hydrogens is 192 g/mol. The van der Waals surface area contributed by atoms with Gasteiger partial charge in [0.25, 0.3) is 0 Å². The summed E-state index contributed by atoms with van der Waals surface area (Å²) >= 11 is 0. The van der Waals surface area contributed by atoms with Gasteiger partial charge in [-0.05, 0) is 6.07 Å². The first-order chi connectivity index (χ1) is 7.07. The van der Waals surface area contributed by atoms with Crippen molar-refractivity contribution in [2.24, 2.45) is 0 Å². The molecule has 0 fully saturated rings. The molecule has 3 heteroatoms. The lowest BCUT2D eigenvalue weighted by atomic mass is 9.93. The maximum absolute atomic E-state index is 11.2. The zero-order chi connectivity index (χ0) is 11.4. The average Bonchev–Trinajstić information content (AvgIpc) is 2.26. The third kappa shape index (κ3) is 2.37. The van der Waals surface area contributed by atoms with E-state index in [9.17, 15) is 9.90 Å². The molecule has 1 unspecified atom stereocenters. The largest absolute Gasteiger partial charge is 0.508 e. The van der Waals surface area contributed by atoms with Gasteiger partial charge in [0.05, 0.1) is 7.11 Å². The van der Waals surface area contributed by atoms with Crippen molar-refractivity contribution in [1.29, 1.82) is 0 Å². The number of methoxy groups -OCH3 is 1. The molecule has 0 aliphatic carbocycles. The molecule has 0 aliphatic rings. The molecule has 0 saturated heterocycles. The first-order valence-corrected chi connectivity index (χ1v) is 4.63. The molecule has 0 amide bonds. The summed E-state index contributed by atoms with van der Waals surface area (Å²) in [4.78, 5) is 11.2. The molecule has 0 aliphatic heterocycles.